The number of aliphatic imine (C=N–C) groups is 1. The van der Waals surface area contributed by atoms with Gasteiger partial charge in [-0.2, -0.15) is 0 Å². The predicted octanol–water partition coefficient (Wildman–Crippen LogP) is 12.5. The van der Waals surface area contributed by atoms with Crippen LogP contribution in [0.1, 0.15) is 12.8 Å². The molecule has 0 unspecified atom stereocenters. The van der Waals surface area contributed by atoms with E-state index in [1.807, 2.05) is 117 Å². The third kappa shape index (κ3) is 7.65. The Labute approximate surface area is 338 Å². The molecule has 0 N–H and O–H groups in total. The number of allylic oxidation sites excluding steroid dienone is 1. The van der Waals surface area contributed by atoms with Crippen LogP contribution >= 0.6 is 0 Å². The lowest BCUT2D eigenvalue weighted by Gasteiger charge is -2.31. The highest BCUT2D eigenvalue weighted by Gasteiger charge is 2.20. The molecule has 0 fully saturated rings. The minimum Gasteiger partial charge on any atom is -0.313 e. The average Bonchev–Trinajstić information content (AvgIpc) is 3.30. The monoisotopic (exact) mass is 753 g/mol. The Morgan fingerprint density at radius 3 is 0.879 bits per heavy atom. The van der Waals surface area contributed by atoms with Gasteiger partial charge < -0.3 is 19.6 Å². The van der Waals surface area contributed by atoms with E-state index in [2.05, 4.69) is 142 Å². The van der Waals surface area contributed by atoms with E-state index in [4.69, 9.17) is 0 Å². The normalized spacial score (nSPS) is 12.0. The van der Waals surface area contributed by atoms with Crippen LogP contribution in [-0.2, 0) is 0 Å². The topological polar surface area (TPSA) is 76.9 Å². The molecule has 9 nitrogen and oxygen atoms in total. The molecule has 1 aliphatic heterocycles. The fourth-order valence-corrected chi connectivity index (χ4v) is 7.28. The van der Waals surface area contributed by atoms with E-state index in [0.717, 1.165) is 81.1 Å². The van der Waals surface area contributed by atoms with Crippen LogP contribution < -0.4 is 19.6 Å². The summed E-state index contributed by atoms with van der Waals surface area (Å²) in [7, 11) is 0. The van der Waals surface area contributed by atoms with Gasteiger partial charge in [-0.1, -0.05) is 18.2 Å². The average molecular weight is 754 g/mol. The molecule has 1 aliphatic rings. The SMILES string of the molecule is C1=NC=C(N(c2ccncc2)c2ccc(N(c3ccc(N(c4ccccc4)c4ccncc4)cc3)c3ccc(N(c4ccncc4)c4ccncc4)cc3)cc2)CC1. The maximum atomic E-state index is 4.50. The molecule has 0 spiro atoms. The fourth-order valence-electron chi connectivity index (χ4n) is 7.28. The Morgan fingerprint density at radius 1 is 0.293 bits per heavy atom. The van der Waals surface area contributed by atoms with Crippen molar-refractivity contribution in [3.05, 3.63) is 213 Å². The number of hydrogen-bond acceptors (Lipinski definition) is 9. The molecular weight excluding hydrogens is 715 g/mol. The van der Waals surface area contributed by atoms with Gasteiger partial charge in [0.05, 0.1) is 0 Å². The van der Waals surface area contributed by atoms with Crippen LogP contribution in [0, 0.1) is 0 Å². The summed E-state index contributed by atoms with van der Waals surface area (Å²) >= 11 is 0. The van der Waals surface area contributed by atoms with Gasteiger partial charge in [0.1, 0.15) is 0 Å². The summed E-state index contributed by atoms with van der Waals surface area (Å²) in [5.74, 6) is 0. The summed E-state index contributed by atoms with van der Waals surface area (Å²) < 4.78 is 0. The Kier molecular flexibility index (Phi) is 10.4. The number of rotatable bonds is 12. The van der Waals surface area contributed by atoms with E-state index in [1.165, 1.54) is 0 Å². The largest absolute Gasteiger partial charge is 0.313 e. The summed E-state index contributed by atoms with van der Waals surface area (Å²) in [4.78, 5) is 30.6. The third-order valence-electron chi connectivity index (χ3n) is 9.94. The van der Waals surface area contributed by atoms with Gasteiger partial charge in [-0.05, 0) is 146 Å². The second-order valence-corrected chi connectivity index (χ2v) is 13.5. The quantitative estimate of drug-likeness (QED) is 0.122. The lowest BCUT2D eigenvalue weighted by Crippen LogP contribution is -2.18. The van der Waals surface area contributed by atoms with Gasteiger partial charge in [-0.25, -0.2) is 0 Å². The molecule has 5 heterocycles. The van der Waals surface area contributed by atoms with E-state index in [-0.39, 0.29) is 0 Å². The molecule has 0 saturated heterocycles. The number of para-hydroxylation sites is 1. The predicted molar refractivity (Wildman–Crippen MR) is 236 cm³/mol. The number of pyridine rings is 4. The maximum absolute atomic E-state index is 4.50. The van der Waals surface area contributed by atoms with Crippen LogP contribution in [0.15, 0.2) is 218 Å². The van der Waals surface area contributed by atoms with Crippen molar-refractivity contribution in [3.63, 3.8) is 0 Å². The first kappa shape index (κ1) is 35.8. The Balaban J connectivity index is 1.12. The van der Waals surface area contributed by atoms with Crippen molar-refractivity contribution in [3.8, 4) is 0 Å². The number of benzene rings is 4. The van der Waals surface area contributed by atoms with Gasteiger partial charge in [0.2, 0.25) is 0 Å². The van der Waals surface area contributed by atoms with Crippen molar-refractivity contribution in [2.45, 2.75) is 12.8 Å². The third-order valence-corrected chi connectivity index (χ3v) is 9.94. The highest BCUT2D eigenvalue weighted by Crippen LogP contribution is 2.42. The summed E-state index contributed by atoms with van der Waals surface area (Å²) in [5.41, 5.74) is 12.4. The van der Waals surface area contributed by atoms with E-state index in [9.17, 15) is 0 Å². The van der Waals surface area contributed by atoms with Crippen molar-refractivity contribution in [2.24, 2.45) is 4.99 Å². The maximum Gasteiger partial charge on any atom is 0.0492 e. The molecule has 0 bridgehead atoms. The highest BCUT2D eigenvalue weighted by atomic mass is 15.2. The second-order valence-electron chi connectivity index (χ2n) is 13.5. The van der Waals surface area contributed by atoms with Crippen LogP contribution in [0.5, 0.6) is 0 Å². The minimum absolute atomic E-state index is 0.897. The standard InChI is InChI=1S/C49H39N9/c1-2-5-38(6-3-1)55(45-20-29-50-30-21-45)39-8-10-40(11-9-39)56(41-12-14-43(15-13-41)57(46-22-31-51-32-23-46)47-24-33-52-34-25-47)42-16-18-44(19-17-42)58(48-26-35-53-36-27-48)49-7-4-28-54-37-49/h1-3,5-6,8-37H,4,7H2. The van der Waals surface area contributed by atoms with E-state index < -0.39 is 0 Å². The van der Waals surface area contributed by atoms with Gasteiger partial charge >= 0.3 is 0 Å². The molecule has 58 heavy (non-hydrogen) atoms. The Bertz CT molecular complexity index is 2380. The fraction of sp³-hybridized carbons (Fsp3) is 0.0408. The number of nitrogens with zero attached hydrogens (tertiary/aromatic N) is 9. The van der Waals surface area contributed by atoms with Gasteiger partial charge in [0.25, 0.3) is 0 Å². The van der Waals surface area contributed by atoms with Gasteiger partial charge in [-0.3, -0.25) is 24.9 Å². The summed E-state index contributed by atoms with van der Waals surface area (Å²) in [5, 5.41) is 0. The minimum atomic E-state index is 0.897. The van der Waals surface area contributed by atoms with Gasteiger partial charge in [-0.15, -0.1) is 0 Å². The van der Waals surface area contributed by atoms with E-state index in [1.54, 1.807) is 0 Å². The van der Waals surface area contributed by atoms with Crippen molar-refractivity contribution in [1.29, 1.82) is 0 Å². The van der Waals surface area contributed by atoms with Crippen LogP contribution in [0.3, 0.4) is 0 Å². The molecule has 9 rings (SSSR count). The Hall–Kier alpha value is -7.91. The molecule has 0 aliphatic carbocycles. The van der Waals surface area contributed by atoms with Crippen LogP contribution in [0.4, 0.5) is 62.6 Å². The lowest BCUT2D eigenvalue weighted by atomic mass is 10.1. The first-order chi connectivity index (χ1) is 28.8. The summed E-state index contributed by atoms with van der Waals surface area (Å²) in [6, 6.07) is 52.7. The molecule has 4 aromatic carbocycles. The zero-order valence-electron chi connectivity index (χ0n) is 31.6. The smallest absolute Gasteiger partial charge is 0.0492 e. The van der Waals surface area contributed by atoms with E-state index in [0.29, 0.717) is 0 Å². The molecule has 0 amide bonds. The first-order valence-electron chi connectivity index (χ1n) is 19.2. The van der Waals surface area contributed by atoms with E-state index >= 15 is 0 Å². The van der Waals surface area contributed by atoms with Crippen molar-refractivity contribution in [2.75, 3.05) is 19.6 Å². The van der Waals surface area contributed by atoms with Gasteiger partial charge in [0.15, 0.2) is 0 Å². The van der Waals surface area contributed by atoms with Crippen LogP contribution in [0.2, 0.25) is 0 Å². The van der Waals surface area contributed by atoms with Crippen LogP contribution in [-0.4, -0.2) is 26.2 Å². The van der Waals surface area contributed by atoms with Crippen molar-refractivity contribution < 1.29 is 0 Å². The van der Waals surface area contributed by atoms with Crippen molar-refractivity contribution in [1.82, 2.24) is 19.9 Å². The molecule has 9 heteroatoms. The van der Waals surface area contributed by atoms with Crippen LogP contribution in [0.25, 0.3) is 0 Å². The molecule has 280 valence electrons. The zero-order chi connectivity index (χ0) is 38.9. The number of hydrogen-bond donors (Lipinski definition) is 0. The lowest BCUT2D eigenvalue weighted by molar-refractivity contribution is 0.939. The molecule has 0 atom stereocenters. The molecular formula is C49H39N9. The van der Waals surface area contributed by atoms with Gasteiger partial charge in [0, 0.05) is 130 Å². The number of aromatic nitrogens is 4. The van der Waals surface area contributed by atoms with Crippen molar-refractivity contribution >= 4 is 68.8 Å². The first-order valence-corrected chi connectivity index (χ1v) is 19.2. The molecule has 0 saturated carbocycles. The molecule has 4 aromatic heterocycles. The summed E-state index contributed by atoms with van der Waals surface area (Å²) in [6.07, 6.45) is 20.3. The molecule has 8 aromatic rings. The zero-order valence-corrected chi connectivity index (χ0v) is 31.6. The Morgan fingerprint density at radius 2 is 0.569 bits per heavy atom. The summed E-state index contributed by atoms with van der Waals surface area (Å²) in [6.45, 7) is 0. The molecule has 0 radical (unpaired) electrons. The number of anilines is 11. The highest BCUT2D eigenvalue weighted by molar-refractivity contribution is 5.84. The second kappa shape index (κ2) is 16.8.